The summed E-state index contributed by atoms with van der Waals surface area (Å²) in [7, 11) is 0. The Kier molecular flexibility index (Phi) is 5.59. The summed E-state index contributed by atoms with van der Waals surface area (Å²) in [4.78, 5) is 28.8. The summed E-state index contributed by atoms with van der Waals surface area (Å²) in [6, 6.07) is 20.9. The van der Waals surface area contributed by atoms with Crippen molar-refractivity contribution < 1.29 is 9.59 Å². The number of rotatable bonds is 4. The van der Waals surface area contributed by atoms with Crippen molar-refractivity contribution in [2.75, 3.05) is 4.90 Å². The van der Waals surface area contributed by atoms with Gasteiger partial charge in [-0.1, -0.05) is 48.0 Å². The number of nitrogens with zero attached hydrogens (tertiary/aromatic N) is 1. The van der Waals surface area contributed by atoms with Crippen molar-refractivity contribution in [2.24, 2.45) is 0 Å². The molecule has 1 heterocycles. The third kappa shape index (κ3) is 4.08. The molecule has 1 aliphatic rings. The quantitative estimate of drug-likeness (QED) is 0.613. The van der Waals surface area contributed by atoms with Crippen molar-refractivity contribution in [3.8, 4) is 0 Å². The van der Waals surface area contributed by atoms with Crippen LogP contribution in [0.3, 0.4) is 0 Å². The Hall–Kier alpha value is -3.11. The second-order valence-electron chi connectivity index (χ2n) is 8.40. The van der Waals surface area contributed by atoms with Crippen molar-refractivity contribution >= 4 is 29.1 Å². The summed E-state index contributed by atoms with van der Waals surface area (Å²) in [6.45, 7) is 6.20. The highest BCUT2D eigenvalue weighted by molar-refractivity contribution is 6.30. The van der Waals surface area contributed by atoms with E-state index in [0.29, 0.717) is 23.6 Å². The van der Waals surface area contributed by atoms with Gasteiger partial charge in [0.25, 0.3) is 5.91 Å². The van der Waals surface area contributed by atoms with Crippen LogP contribution in [0.25, 0.3) is 0 Å². The van der Waals surface area contributed by atoms with Gasteiger partial charge in [-0.3, -0.25) is 14.5 Å². The Morgan fingerprint density at radius 3 is 2.35 bits per heavy atom. The molecule has 0 bridgehead atoms. The van der Waals surface area contributed by atoms with Gasteiger partial charge in [0, 0.05) is 29.2 Å². The fourth-order valence-corrected chi connectivity index (χ4v) is 4.44. The first kappa shape index (κ1) is 21.1. The molecule has 1 aliphatic heterocycles. The number of amides is 2. The van der Waals surface area contributed by atoms with Crippen LogP contribution in [0.2, 0.25) is 5.02 Å². The van der Waals surface area contributed by atoms with Crippen LogP contribution < -0.4 is 10.2 Å². The van der Waals surface area contributed by atoms with E-state index >= 15 is 0 Å². The average molecular weight is 433 g/mol. The lowest BCUT2D eigenvalue weighted by molar-refractivity contribution is -0.126. The Bertz CT molecular complexity index is 1140. The first-order valence-corrected chi connectivity index (χ1v) is 10.7. The molecule has 1 N–H and O–H groups in total. The molecular formula is C26H25ClN2O2. The maximum absolute atomic E-state index is 13.6. The molecule has 3 aromatic rings. The minimum atomic E-state index is -1.06. The van der Waals surface area contributed by atoms with Crippen molar-refractivity contribution in [3.63, 3.8) is 0 Å². The monoisotopic (exact) mass is 432 g/mol. The number of benzene rings is 3. The van der Waals surface area contributed by atoms with Gasteiger partial charge in [-0.25, -0.2) is 0 Å². The predicted octanol–water partition coefficient (Wildman–Crippen LogP) is 5.23. The summed E-state index contributed by atoms with van der Waals surface area (Å²) in [5.74, 6) is -0.347. The average Bonchev–Trinajstić information content (AvgIpc) is 2.72. The second kappa shape index (κ2) is 8.20. The van der Waals surface area contributed by atoms with Gasteiger partial charge in [-0.05, 0) is 73.4 Å². The largest absolute Gasteiger partial charge is 0.350 e. The van der Waals surface area contributed by atoms with Crippen LogP contribution in [0.4, 0.5) is 5.69 Å². The number of aryl methyl sites for hydroxylation is 2. The number of halogens is 1. The molecule has 158 valence electrons. The van der Waals surface area contributed by atoms with E-state index in [0.717, 1.165) is 27.9 Å². The Balaban J connectivity index is 1.73. The topological polar surface area (TPSA) is 49.4 Å². The molecule has 4 nitrogen and oxygen atoms in total. The number of fused-ring (bicyclic) bond motifs is 1. The van der Waals surface area contributed by atoms with Gasteiger partial charge in [0.05, 0.1) is 0 Å². The molecule has 1 unspecified atom stereocenters. The highest BCUT2D eigenvalue weighted by atomic mass is 35.5. The molecule has 0 spiro atoms. The smallest absolute Gasteiger partial charge is 0.259 e. The van der Waals surface area contributed by atoms with Gasteiger partial charge in [-0.15, -0.1) is 0 Å². The number of hydrogen-bond donors (Lipinski definition) is 1. The van der Waals surface area contributed by atoms with Gasteiger partial charge in [-0.2, -0.15) is 0 Å². The number of anilines is 1. The van der Waals surface area contributed by atoms with Crippen molar-refractivity contribution in [3.05, 3.63) is 99.6 Å². The Morgan fingerprint density at radius 2 is 1.68 bits per heavy atom. The maximum atomic E-state index is 13.6. The van der Waals surface area contributed by atoms with E-state index in [1.54, 1.807) is 17.0 Å². The minimum Gasteiger partial charge on any atom is -0.350 e. The molecule has 5 heteroatoms. The normalized spacial score (nSPS) is 17.9. The van der Waals surface area contributed by atoms with Crippen molar-refractivity contribution in [2.45, 2.75) is 39.3 Å². The predicted molar refractivity (Wildman–Crippen MR) is 125 cm³/mol. The fourth-order valence-electron chi connectivity index (χ4n) is 4.32. The fraction of sp³-hybridized carbons (Fsp3) is 0.231. The molecule has 31 heavy (non-hydrogen) atoms. The third-order valence-corrected chi connectivity index (χ3v) is 6.05. The molecule has 3 aromatic carbocycles. The molecule has 2 amide bonds. The Labute approximate surface area is 187 Å². The SMILES string of the molecule is Cc1cc(C)cc(N2C(=O)c3ccccc3CC2(C)C(=O)NCc2ccc(Cl)cc2)c1. The molecule has 0 aromatic heterocycles. The standard InChI is InChI=1S/C26H25ClN2O2/c1-17-12-18(2)14-22(13-17)29-24(30)23-7-5-4-6-20(23)15-26(29,3)25(31)28-16-19-8-10-21(27)11-9-19/h4-14H,15-16H2,1-3H3,(H,28,31). The first-order valence-electron chi connectivity index (χ1n) is 10.3. The van der Waals surface area contributed by atoms with E-state index in [4.69, 9.17) is 11.6 Å². The van der Waals surface area contributed by atoms with Gasteiger partial charge < -0.3 is 5.32 Å². The molecule has 0 fully saturated rings. The summed E-state index contributed by atoms with van der Waals surface area (Å²) < 4.78 is 0. The third-order valence-electron chi connectivity index (χ3n) is 5.80. The van der Waals surface area contributed by atoms with Crippen LogP contribution in [0.15, 0.2) is 66.7 Å². The van der Waals surface area contributed by atoms with Crippen molar-refractivity contribution in [1.82, 2.24) is 5.32 Å². The molecule has 0 saturated carbocycles. The van der Waals surface area contributed by atoms with Crippen LogP contribution in [0.1, 0.15) is 39.5 Å². The second-order valence-corrected chi connectivity index (χ2v) is 8.84. The molecule has 1 atom stereocenters. The molecule has 0 aliphatic carbocycles. The van der Waals surface area contributed by atoms with Gasteiger partial charge in [0.1, 0.15) is 5.54 Å². The summed E-state index contributed by atoms with van der Waals surface area (Å²) >= 11 is 5.96. The van der Waals surface area contributed by atoms with Gasteiger partial charge >= 0.3 is 0 Å². The highest BCUT2D eigenvalue weighted by Crippen LogP contribution is 2.36. The van der Waals surface area contributed by atoms with Crippen LogP contribution in [0, 0.1) is 13.8 Å². The zero-order chi connectivity index (χ0) is 22.2. The lowest BCUT2D eigenvalue weighted by Crippen LogP contribution is -2.63. The highest BCUT2D eigenvalue weighted by Gasteiger charge is 2.47. The zero-order valence-corrected chi connectivity index (χ0v) is 18.7. The lowest BCUT2D eigenvalue weighted by Gasteiger charge is -2.44. The molecule has 4 rings (SSSR count). The summed E-state index contributed by atoms with van der Waals surface area (Å²) in [5, 5.41) is 3.68. The first-order chi connectivity index (χ1) is 14.8. The van der Waals surface area contributed by atoms with E-state index in [2.05, 4.69) is 11.4 Å². The van der Waals surface area contributed by atoms with E-state index < -0.39 is 5.54 Å². The van der Waals surface area contributed by atoms with Crippen molar-refractivity contribution in [1.29, 1.82) is 0 Å². The number of nitrogens with one attached hydrogen (secondary N) is 1. The van der Waals surface area contributed by atoms with Gasteiger partial charge in [0.2, 0.25) is 5.91 Å². The molecule has 0 saturated heterocycles. The van der Waals surface area contributed by atoms with E-state index in [1.807, 2.05) is 69.3 Å². The number of carbonyl (C=O) groups is 2. The van der Waals surface area contributed by atoms with Crippen LogP contribution >= 0.6 is 11.6 Å². The number of carbonyl (C=O) groups excluding carboxylic acids is 2. The maximum Gasteiger partial charge on any atom is 0.259 e. The summed E-state index contributed by atoms with van der Waals surface area (Å²) in [6.07, 6.45) is 0.439. The van der Waals surface area contributed by atoms with Crippen LogP contribution in [0.5, 0.6) is 0 Å². The summed E-state index contributed by atoms with van der Waals surface area (Å²) in [5.41, 5.74) is 4.25. The van der Waals surface area contributed by atoms with E-state index in [9.17, 15) is 9.59 Å². The van der Waals surface area contributed by atoms with Crippen LogP contribution in [-0.2, 0) is 17.8 Å². The molecular weight excluding hydrogens is 408 g/mol. The van der Waals surface area contributed by atoms with E-state index in [-0.39, 0.29) is 11.8 Å². The Morgan fingerprint density at radius 1 is 1.03 bits per heavy atom. The lowest BCUT2D eigenvalue weighted by atomic mass is 9.82. The van der Waals surface area contributed by atoms with Crippen LogP contribution in [-0.4, -0.2) is 17.4 Å². The molecule has 0 radical (unpaired) electrons. The number of hydrogen-bond acceptors (Lipinski definition) is 2. The minimum absolute atomic E-state index is 0.156. The van der Waals surface area contributed by atoms with E-state index in [1.165, 1.54) is 0 Å². The zero-order valence-electron chi connectivity index (χ0n) is 17.9. The van der Waals surface area contributed by atoms with Gasteiger partial charge in [0.15, 0.2) is 0 Å².